The van der Waals surface area contributed by atoms with Crippen LogP contribution < -0.4 is 5.32 Å². The Kier molecular flexibility index (Phi) is 5.88. The number of likely N-dealkylation sites (tertiary alicyclic amines) is 1. The molecule has 3 unspecified atom stereocenters. The molecule has 1 aliphatic heterocycles. The van der Waals surface area contributed by atoms with Crippen LogP contribution in [0.5, 0.6) is 0 Å². The lowest BCUT2D eigenvalue weighted by atomic mass is 9.94. The maximum atomic E-state index is 5.98. The number of rotatable bonds is 5. The van der Waals surface area contributed by atoms with Gasteiger partial charge in [0.1, 0.15) is 0 Å². The first-order valence-corrected chi connectivity index (χ1v) is 8.24. The van der Waals surface area contributed by atoms with Gasteiger partial charge < -0.3 is 5.32 Å². The van der Waals surface area contributed by atoms with Gasteiger partial charge in [-0.05, 0) is 57.4 Å². The van der Waals surface area contributed by atoms with E-state index in [0.717, 1.165) is 11.6 Å². The number of piperidine rings is 1. The van der Waals surface area contributed by atoms with E-state index in [1.807, 2.05) is 12.1 Å². The molecule has 1 saturated heterocycles. The molecule has 0 amide bonds. The number of halogens is 1. The van der Waals surface area contributed by atoms with Crippen molar-refractivity contribution in [1.29, 1.82) is 0 Å². The zero-order chi connectivity index (χ0) is 14.5. The van der Waals surface area contributed by atoms with E-state index in [0.29, 0.717) is 18.1 Å². The highest BCUT2D eigenvalue weighted by molar-refractivity contribution is 6.30. The summed E-state index contributed by atoms with van der Waals surface area (Å²) in [5.41, 5.74) is 1.36. The third-order valence-corrected chi connectivity index (χ3v) is 4.71. The smallest absolute Gasteiger partial charge is 0.0406 e. The fourth-order valence-electron chi connectivity index (χ4n) is 3.23. The lowest BCUT2D eigenvalue weighted by Gasteiger charge is -2.41. The van der Waals surface area contributed by atoms with Crippen LogP contribution in [0.2, 0.25) is 5.02 Å². The van der Waals surface area contributed by atoms with Gasteiger partial charge in [0.05, 0.1) is 0 Å². The van der Waals surface area contributed by atoms with Gasteiger partial charge in [0, 0.05) is 29.7 Å². The molecule has 1 aromatic carbocycles. The molecule has 2 nitrogen and oxygen atoms in total. The van der Waals surface area contributed by atoms with Gasteiger partial charge in [-0.3, -0.25) is 4.90 Å². The van der Waals surface area contributed by atoms with Crippen molar-refractivity contribution in [1.82, 2.24) is 10.2 Å². The molecule has 0 spiro atoms. The van der Waals surface area contributed by atoms with Crippen LogP contribution in [0.25, 0.3) is 0 Å². The van der Waals surface area contributed by atoms with Crippen molar-refractivity contribution < 1.29 is 0 Å². The number of benzene rings is 1. The van der Waals surface area contributed by atoms with Crippen molar-refractivity contribution in [2.45, 2.75) is 58.2 Å². The van der Waals surface area contributed by atoms with Crippen LogP contribution in [-0.4, -0.2) is 30.1 Å². The van der Waals surface area contributed by atoms with Crippen LogP contribution in [0.4, 0.5) is 0 Å². The fraction of sp³-hybridized carbons (Fsp3) is 0.647. The number of hydrogen-bond acceptors (Lipinski definition) is 2. The predicted molar refractivity (Wildman–Crippen MR) is 87.4 cm³/mol. The Morgan fingerprint density at radius 2 is 2.05 bits per heavy atom. The van der Waals surface area contributed by atoms with Gasteiger partial charge in [-0.25, -0.2) is 0 Å². The van der Waals surface area contributed by atoms with Crippen molar-refractivity contribution in [2.75, 3.05) is 13.1 Å². The Morgan fingerprint density at radius 1 is 1.35 bits per heavy atom. The van der Waals surface area contributed by atoms with E-state index in [-0.39, 0.29) is 0 Å². The van der Waals surface area contributed by atoms with Crippen LogP contribution in [0.3, 0.4) is 0 Å². The maximum absolute atomic E-state index is 5.98. The van der Waals surface area contributed by atoms with Crippen molar-refractivity contribution in [3.63, 3.8) is 0 Å². The van der Waals surface area contributed by atoms with Crippen molar-refractivity contribution in [3.8, 4) is 0 Å². The van der Waals surface area contributed by atoms with E-state index in [1.54, 1.807) is 0 Å². The summed E-state index contributed by atoms with van der Waals surface area (Å²) in [5.74, 6) is 0. The molecule has 1 N–H and O–H groups in total. The Hall–Kier alpha value is -0.570. The fourth-order valence-corrected chi connectivity index (χ4v) is 3.36. The first-order chi connectivity index (χ1) is 9.61. The minimum Gasteiger partial charge on any atom is -0.314 e. The second-order valence-electron chi connectivity index (χ2n) is 5.99. The lowest BCUT2D eigenvalue weighted by molar-refractivity contribution is 0.0956. The summed E-state index contributed by atoms with van der Waals surface area (Å²) in [7, 11) is 0. The monoisotopic (exact) mass is 294 g/mol. The molecule has 1 aromatic rings. The predicted octanol–water partition coefficient (Wildman–Crippen LogP) is 4.25. The summed E-state index contributed by atoms with van der Waals surface area (Å²) < 4.78 is 0. The number of nitrogens with zero attached hydrogens (tertiary/aromatic N) is 1. The first kappa shape index (κ1) is 15.8. The highest BCUT2D eigenvalue weighted by Crippen LogP contribution is 2.29. The van der Waals surface area contributed by atoms with Crippen molar-refractivity contribution >= 4 is 11.6 Å². The summed E-state index contributed by atoms with van der Waals surface area (Å²) >= 11 is 5.98. The zero-order valence-corrected chi connectivity index (χ0v) is 13.7. The second kappa shape index (κ2) is 7.44. The minimum absolute atomic E-state index is 0.467. The molecule has 2 rings (SSSR count). The van der Waals surface area contributed by atoms with Gasteiger partial charge in [-0.15, -0.1) is 0 Å². The van der Waals surface area contributed by atoms with E-state index in [2.05, 4.69) is 43.1 Å². The van der Waals surface area contributed by atoms with Crippen LogP contribution in [0.1, 0.15) is 51.6 Å². The summed E-state index contributed by atoms with van der Waals surface area (Å²) in [6.45, 7) is 9.20. The molecule has 3 heteroatoms. The summed E-state index contributed by atoms with van der Waals surface area (Å²) in [5, 5.41) is 4.48. The topological polar surface area (TPSA) is 15.3 Å². The van der Waals surface area contributed by atoms with Gasteiger partial charge in [0.25, 0.3) is 0 Å². The second-order valence-corrected chi connectivity index (χ2v) is 6.43. The molecule has 1 aliphatic rings. The molecule has 0 saturated carbocycles. The van der Waals surface area contributed by atoms with E-state index in [1.165, 1.54) is 31.4 Å². The average Bonchev–Trinajstić information content (AvgIpc) is 2.45. The molecule has 20 heavy (non-hydrogen) atoms. The average molecular weight is 295 g/mol. The van der Waals surface area contributed by atoms with Crippen LogP contribution in [0.15, 0.2) is 24.3 Å². The quantitative estimate of drug-likeness (QED) is 0.873. The number of nitrogens with one attached hydrogen (secondary N) is 1. The van der Waals surface area contributed by atoms with Crippen LogP contribution in [0, 0.1) is 0 Å². The Bertz CT molecular complexity index is 404. The van der Waals surface area contributed by atoms with Gasteiger partial charge >= 0.3 is 0 Å². The standard InChI is InChI=1S/C17H27ClN2/c1-4-10-19-17-9-11-20(13(2)12-17)14(3)15-5-7-16(18)8-6-15/h5-8,13-14,17,19H,4,9-12H2,1-3H3. The molecule has 0 aromatic heterocycles. The van der Waals surface area contributed by atoms with Crippen molar-refractivity contribution in [2.24, 2.45) is 0 Å². The normalized spacial score (nSPS) is 25.6. The Labute approximate surface area is 128 Å². The molecular weight excluding hydrogens is 268 g/mol. The summed E-state index contributed by atoms with van der Waals surface area (Å²) in [6, 6.07) is 10.1. The van der Waals surface area contributed by atoms with E-state index >= 15 is 0 Å². The van der Waals surface area contributed by atoms with Gasteiger partial charge in [0.2, 0.25) is 0 Å². The Balaban J connectivity index is 1.94. The maximum Gasteiger partial charge on any atom is 0.0406 e. The first-order valence-electron chi connectivity index (χ1n) is 7.86. The van der Waals surface area contributed by atoms with Gasteiger partial charge in [0.15, 0.2) is 0 Å². The van der Waals surface area contributed by atoms with E-state index < -0.39 is 0 Å². The molecule has 1 heterocycles. The van der Waals surface area contributed by atoms with Crippen LogP contribution >= 0.6 is 11.6 Å². The zero-order valence-electron chi connectivity index (χ0n) is 12.9. The third kappa shape index (κ3) is 3.97. The third-order valence-electron chi connectivity index (χ3n) is 4.46. The SMILES string of the molecule is CCCNC1CCN(C(C)c2ccc(Cl)cc2)C(C)C1. The molecule has 3 atom stereocenters. The highest BCUT2D eigenvalue weighted by Gasteiger charge is 2.28. The van der Waals surface area contributed by atoms with E-state index in [9.17, 15) is 0 Å². The molecule has 112 valence electrons. The largest absolute Gasteiger partial charge is 0.314 e. The summed E-state index contributed by atoms with van der Waals surface area (Å²) in [4.78, 5) is 2.62. The lowest BCUT2D eigenvalue weighted by Crippen LogP contribution is -2.48. The van der Waals surface area contributed by atoms with Gasteiger partial charge in [-0.1, -0.05) is 30.7 Å². The highest BCUT2D eigenvalue weighted by atomic mass is 35.5. The molecule has 1 fully saturated rings. The number of hydrogen-bond donors (Lipinski definition) is 1. The molecule has 0 bridgehead atoms. The van der Waals surface area contributed by atoms with Crippen molar-refractivity contribution in [3.05, 3.63) is 34.9 Å². The van der Waals surface area contributed by atoms with E-state index in [4.69, 9.17) is 11.6 Å². The van der Waals surface area contributed by atoms with Gasteiger partial charge in [-0.2, -0.15) is 0 Å². The molecule has 0 radical (unpaired) electrons. The molecule has 0 aliphatic carbocycles. The Morgan fingerprint density at radius 3 is 2.65 bits per heavy atom. The summed E-state index contributed by atoms with van der Waals surface area (Å²) in [6.07, 6.45) is 3.72. The molecular formula is C17H27ClN2. The van der Waals surface area contributed by atoms with Crippen LogP contribution in [-0.2, 0) is 0 Å². The minimum atomic E-state index is 0.467.